The van der Waals surface area contributed by atoms with Crippen LogP contribution in [0.1, 0.15) is 29.8 Å². The van der Waals surface area contributed by atoms with Gasteiger partial charge in [0.05, 0.1) is 12.2 Å². The first-order valence-electron chi connectivity index (χ1n) is 9.70. The topological polar surface area (TPSA) is 115 Å². The Kier molecular flexibility index (Phi) is 5.93. The number of anilines is 4. The number of nitrogens with two attached hydrogens (primary N) is 1. The zero-order valence-corrected chi connectivity index (χ0v) is 16.8. The first kappa shape index (κ1) is 20.1. The van der Waals surface area contributed by atoms with E-state index >= 15 is 0 Å². The average molecular weight is 416 g/mol. The monoisotopic (exact) mass is 416 g/mol. The molecule has 0 spiro atoms. The van der Waals surface area contributed by atoms with Crippen molar-refractivity contribution in [2.75, 3.05) is 16.4 Å². The molecule has 4 aromatic rings. The molecule has 0 aliphatic heterocycles. The lowest BCUT2D eigenvalue weighted by Crippen LogP contribution is -2.14. The molecule has 0 saturated carbocycles. The number of nitrogen functional groups attached to an aromatic ring is 1. The molecule has 3 aromatic heterocycles. The number of pyridine rings is 1. The van der Waals surface area contributed by atoms with E-state index in [1.165, 1.54) is 12.1 Å². The summed E-state index contributed by atoms with van der Waals surface area (Å²) >= 11 is 0. The highest BCUT2D eigenvalue weighted by atomic mass is 19.1. The molecule has 0 bridgehead atoms. The van der Waals surface area contributed by atoms with Gasteiger partial charge < -0.3 is 16.4 Å². The Morgan fingerprint density at radius 3 is 2.55 bits per heavy atom. The van der Waals surface area contributed by atoms with Gasteiger partial charge in [-0.3, -0.25) is 9.97 Å². The maximum absolute atomic E-state index is 13.2. The quantitative estimate of drug-likeness (QED) is 0.416. The number of rotatable bonds is 7. The van der Waals surface area contributed by atoms with Crippen molar-refractivity contribution in [2.45, 2.75) is 19.4 Å². The summed E-state index contributed by atoms with van der Waals surface area (Å²) in [5.74, 6) is 1.41. The molecular weight excluding hydrogens is 395 g/mol. The van der Waals surface area contributed by atoms with E-state index in [4.69, 9.17) is 5.73 Å². The fourth-order valence-corrected chi connectivity index (χ4v) is 3.04. The van der Waals surface area contributed by atoms with E-state index in [2.05, 4.69) is 35.6 Å². The largest absolute Gasteiger partial charge is 0.383 e. The van der Waals surface area contributed by atoms with Crippen LogP contribution in [-0.2, 0) is 6.42 Å². The molecule has 0 radical (unpaired) electrons. The van der Waals surface area contributed by atoms with Crippen molar-refractivity contribution in [1.82, 2.24) is 24.9 Å². The molecule has 0 saturated heterocycles. The van der Waals surface area contributed by atoms with Crippen molar-refractivity contribution in [3.05, 3.63) is 89.9 Å². The zero-order valence-electron chi connectivity index (χ0n) is 16.8. The van der Waals surface area contributed by atoms with Crippen LogP contribution in [0.2, 0.25) is 0 Å². The van der Waals surface area contributed by atoms with Gasteiger partial charge >= 0.3 is 0 Å². The van der Waals surface area contributed by atoms with Gasteiger partial charge in [0.1, 0.15) is 23.3 Å². The molecule has 1 aromatic carbocycles. The number of nitrogens with zero attached hydrogens (tertiary/aromatic N) is 5. The smallest absolute Gasteiger partial charge is 0.227 e. The normalized spacial score (nSPS) is 11.7. The second-order valence-corrected chi connectivity index (χ2v) is 6.89. The van der Waals surface area contributed by atoms with Crippen molar-refractivity contribution in [2.24, 2.45) is 0 Å². The average Bonchev–Trinajstić information content (AvgIpc) is 2.78. The highest BCUT2D eigenvalue weighted by Crippen LogP contribution is 2.27. The molecule has 1 unspecified atom stereocenters. The van der Waals surface area contributed by atoms with E-state index in [-0.39, 0.29) is 11.9 Å². The highest BCUT2D eigenvalue weighted by molar-refractivity contribution is 5.65. The third kappa shape index (κ3) is 5.08. The van der Waals surface area contributed by atoms with Crippen LogP contribution < -0.4 is 16.4 Å². The van der Waals surface area contributed by atoms with Gasteiger partial charge in [-0.1, -0.05) is 18.2 Å². The van der Waals surface area contributed by atoms with Crippen molar-refractivity contribution >= 4 is 23.4 Å². The van der Waals surface area contributed by atoms with E-state index in [0.29, 0.717) is 35.4 Å². The van der Waals surface area contributed by atoms with E-state index in [1.807, 2.05) is 25.1 Å². The number of benzene rings is 1. The summed E-state index contributed by atoms with van der Waals surface area (Å²) in [5.41, 5.74) is 8.74. The van der Waals surface area contributed by atoms with Gasteiger partial charge in [0.25, 0.3) is 0 Å². The molecule has 0 fully saturated rings. The molecule has 4 N–H and O–H groups in total. The van der Waals surface area contributed by atoms with Crippen molar-refractivity contribution < 1.29 is 4.39 Å². The summed E-state index contributed by atoms with van der Waals surface area (Å²) in [4.78, 5) is 21.8. The lowest BCUT2D eigenvalue weighted by Gasteiger charge is -2.18. The predicted molar refractivity (Wildman–Crippen MR) is 117 cm³/mol. The Morgan fingerprint density at radius 1 is 1.00 bits per heavy atom. The number of nitrogens with one attached hydrogen (secondary N) is 2. The Morgan fingerprint density at radius 2 is 1.84 bits per heavy atom. The summed E-state index contributed by atoms with van der Waals surface area (Å²) in [6.07, 6.45) is 6.94. The second kappa shape index (κ2) is 9.12. The van der Waals surface area contributed by atoms with Crippen molar-refractivity contribution in [3.63, 3.8) is 0 Å². The van der Waals surface area contributed by atoms with E-state index in [0.717, 1.165) is 11.3 Å². The SMILES string of the molecule is CC(Nc1nc(N)c(Cc2ccccn2)c(Nc2cnccn2)n1)c1ccc(F)cc1. The molecule has 1 atom stereocenters. The molecular formula is C22H21FN8. The van der Waals surface area contributed by atoms with Crippen molar-refractivity contribution in [3.8, 4) is 0 Å². The van der Waals surface area contributed by atoms with E-state index < -0.39 is 0 Å². The van der Waals surface area contributed by atoms with Gasteiger partial charge in [0, 0.05) is 36.3 Å². The third-order valence-corrected chi connectivity index (χ3v) is 4.65. The summed E-state index contributed by atoms with van der Waals surface area (Å²) in [6.45, 7) is 1.93. The Labute approximate surface area is 178 Å². The summed E-state index contributed by atoms with van der Waals surface area (Å²) in [5, 5.41) is 6.39. The molecule has 8 nitrogen and oxygen atoms in total. The minimum Gasteiger partial charge on any atom is -0.383 e. The number of halogens is 1. The second-order valence-electron chi connectivity index (χ2n) is 6.89. The molecule has 0 amide bonds. The fourth-order valence-electron chi connectivity index (χ4n) is 3.04. The van der Waals surface area contributed by atoms with Crippen LogP contribution in [0, 0.1) is 5.82 Å². The maximum atomic E-state index is 13.2. The standard InChI is InChI=1S/C22H21FN8/c1-14(15-5-7-16(23)8-6-15)28-22-30-20(24)18(12-17-4-2-3-9-26-17)21(31-22)29-19-13-25-10-11-27-19/h2-11,13-14H,12H2,1H3,(H4,24,27,28,29,30,31). The molecule has 0 aliphatic rings. The molecule has 9 heteroatoms. The van der Waals surface area contributed by atoms with Gasteiger partial charge in [-0.15, -0.1) is 0 Å². The maximum Gasteiger partial charge on any atom is 0.227 e. The zero-order chi connectivity index (χ0) is 21.6. The first-order valence-corrected chi connectivity index (χ1v) is 9.70. The van der Waals surface area contributed by atoms with Crippen LogP contribution in [0.25, 0.3) is 0 Å². The van der Waals surface area contributed by atoms with Gasteiger partial charge in [0.15, 0.2) is 0 Å². The Balaban J connectivity index is 1.66. The molecule has 31 heavy (non-hydrogen) atoms. The van der Waals surface area contributed by atoms with E-state index in [9.17, 15) is 4.39 Å². The lowest BCUT2D eigenvalue weighted by molar-refractivity contribution is 0.626. The number of hydrogen-bond donors (Lipinski definition) is 3. The van der Waals surface area contributed by atoms with Crippen LogP contribution in [-0.4, -0.2) is 24.9 Å². The summed E-state index contributed by atoms with van der Waals surface area (Å²) < 4.78 is 13.2. The van der Waals surface area contributed by atoms with E-state index in [1.54, 1.807) is 36.9 Å². The predicted octanol–water partition coefficient (Wildman–Crippen LogP) is 3.89. The van der Waals surface area contributed by atoms with Crippen LogP contribution in [0.3, 0.4) is 0 Å². The van der Waals surface area contributed by atoms with Gasteiger partial charge in [-0.25, -0.2) is 9.37 Å². The van der Waals surface area contributed by atoms with Gasteiger partial charge in [-0.05, 0) is 36.8 Å². The van der Waals surface area contributed by atoms with Crippen LogP contribution in [0.4, 0.5) is 27.8 Å². The fraction of sp³-hybridized carbons (Fsp3) is 0.136. The van der Waals surface area contributed by atoms with Crippen LogP contribution in [0.5, 0.6) is 0 Å². The molecule has 4 rings (SSSR count). The third-order valence-electron chi connectivity index (χ3n) is 4.65. The Bertz CT molecular complexity index is 1140. The molecule has 3 heterocycles. The Hall–Kier alpha value is -4.14. The lowest BCUT2D eigenvalue weighted by atomic mass is 10.1. The number of aromatic nitrogens is 5. The number of hydrogen-bond acceptors (Lipinski definition) is 8. The van der Waals surface area contributed by atoms with Gasteiger partial charge in [0.2, 0.25) is 5.95 Å². The highest BCUT2D eigenvalue weighted by Gasteiger charge is 2.16. The van der Waals surface area contributed by atoms with Crippen LogP contribution in [0.15, 0.2) is 67.3 Å². The summed E-state index contributed by atoms with van der Waals surface area (Å²) in [6, 6.07) is 11.8. The van der Waals surface area contributed by atoms with Crippen LogP contribution >= 0.6 is 0 Å². The molecule has 156 valence electrons. The minimum atomic E-state index is -0.286. The summed E-state index contributed by atoms with van der Waals surface area (Å²) in [7, 11) is 0. The molecule has 0 aliphatic carbocycles. The first-order chi connectivity index (χ1) is 15.1. The van der Waals surface area contributed by atoms with Gasteiger partial charge in [-0.2, -0.15) is 9.97 Å². The minimum absolute atomic E-state index is 0.161. The van der Waals surface area contributed by atoms with Crippen molar-refractivity contribution in [1.29, 1.82) is 0 Å².